The number of hydroxylamine groups is 1. The molecule has 82 valence electrons. The Morgan fingerprint density at radius 2 is 2.07 bits per heavy atom. The zero-order valence-corrected chi connectivity index (χ0v) is 9.22. The minimum atomic E-state index is -0.449. The molecule has 6 heteroatoms. The molecule has 1 heterocycles. The summed E-state index contributed by atoms with van der Waals surface area (Å²) in [6.07, 6.45) is 0. The molecule has 1 aromatic rings. The fourth-order valence-electron chi connectivity index (χ4n) is 0.858. The highest BCUT2D eigenvalue weighted by molar-refractivity contribution is 7.15. The van der Waals surface area contributed by atoms with Crippen LogP contribution in [0.25, 0.3) is 0 Å². The summed E-state index contributed by atoms with van der Waals surface area (Å²) in [4.78, 5) is 28.0. The smallest absolute Gasteiger partial charge is 0.348 e. The number of methoxy groups -OCH3 is 1. The molecular weight excluding hydrogens is 218 g/mol. The minimum Gasteiger partial charge on any atom is -0.465 e. The summed E-state index contributed by atoms with van der Waals surface area (Å²) in [6, 6.07) is 3.09. The van der Waals surface area contributed by atoms with Crippen molar-refractivity contribution in [3.63, 3.8) is 0 Å². The molecule has 0 atom stereocenters. The summed E-state index contributed by atoms with van der Waals surface area (Å²) in [6.45, 7) is 2.15. The molecule has 5 nitrogen and oxygen atoms in total. The van der Waals surface area contributed by atoms with Crippen LogP contribution in [-0.2, 0) is 9.57 Å². The molecular formula is C9H11NO4S. The molecule has 0 radical (unpaired) electrons. The van der Waals surface area contributed by atoms with E-state index in [0.29, 0.717) is 16.4 Å². The zero-order valence-electron chi connectivity index (χ0n) is 8.40. The van der Waals surface area contributed by atoms with E-state index in [2.05, 4.69) is 10.2 Å². The van der Waals surface area contributed by atoms with Crippen LogP contribution >= 0.6 is 11.3 Å². The van der Waals surface area contributed by atoms with Gasteiger partial charge in [-0.05, 0) is 19.1 Å². The van der Waals surface area contributed by atoms with Crippen LogP contribution in [0, 0.1) is 0 Å². The first kappa shape index (κ1) is 11.7. The van der Waals surface area contributed by atoms with E-state index in [0.717, 1.165) is 11.3 Å². The van der Waals surface area contributed by atoms with Gasteiger partial charge in [0.05, 0.1) is 18.6 Å². The SMILES string of the molecule is CCONC(=O)c1ccc(C(=O)OC)s1. The standard InChI is InChI=1S/C9H11NO4S/c1-3-14-10-8(11)6-4-5-7(15-6)9(12)13-2/h4-5H,3H2,1-2H3,(H,10,11). The molecule has 0 fully saturated rings. The van der Waals surface area contributed by atoms with Gasteiger partial charge in [-0.3, -0.25) is 9.63 Å². The van der Waals surface area contributed by atoms with Gasteiger partial charge in [-0.2, -0.15) is 0 Å². The molecule has 1 aromatic heterocycles. The van der Waals surface area contributed by atoms with E-state index in [1.807, 2.05) is 0 Å². The largest absolute Gasteiger partial charge is 0.465 e. The van der Waals surface area contributed by atoms with Gasteiger partial charge in [0.1, 0.15) is 4.88 Å². The number of amides is 1. The molecule has 1 rings (SSSR count). The van der Waals surface area contributed by atoms with E-state index >= 15 is 0 Å². The van der Waals surface area contributed by atoms with Gasteiger partial charge in [0.15, 0.2) is 0 Å². The molecule has 0 spiro atoms. The highest BCUT2D eigenvalue weighted by atomic mass is 32.1. The van der Waals surface area contributed by atoms with Crippen LogP contribution in [0.2, 0.25) is 0 Å². The maximum Gasteiger partial charge on any atom is 0.348 e. The van der Waals surface area contributed by atoms with Crippen molar-refractivity contribution in [3.8, 4) is 0 Å². The number of carbonyl (C=O) groups is 2. The molecule has 0 aliphatic heterocycles. The van der Waals surface area contributed by atoms with Gasteiger partial charge < -0.3 is 4.74 Å². The Bertz CT molecular complexity index is 361. The summed E-state index contributed by atoms with van der Waals surface area (Å²) in [5, 5.41) is 0. The van der Waals surface area contributed by atoms with E-state index in [1.165, 1.54) is 13.2 Å². The van der Waals surface area contributed by atoms with Crippen molar-refractivity contribution in [2.45, 2.75) is 6.92 Å². The van der Waals surface area contributed by atoms with Crippen molar-refractivity contribution < 1.29 is 19.2 Å². The van der Waals surface area contributed by atoms with Crippen LogP contribution in [0.3, 0.4) is 0 Å². The number of esters is 1. The molecule has 1 amide bonds. The van der Waals surface area contributed by atoms with Crippen molar-refractivity contribution in [1.29, 1.82) is 0 Å². The van der Waals surface area contributed by atoms with Crippen LogP contribution in [0.15, 0.2) is 12.1 Å². The molecule has 0 saturated heterocycles. The Morgan fingerprint density at radius 3 is 2.67 bits per heavy atom. The topological polar surface area (TPSA) is 64.6 Å². The van der Waals surface area contributed by atoms with Crippen molar-refractivity contribution >= 4 is 23.2 Å². The van der Waals surface area contributed by atoms with Crippen LogP contribution < -0.4 is 5.48 Å². The average Bonchev–Trinajstić information content (AvgIpc) is 2.74. The number of carbonyl (C=O) groups excluding carboxylic acids is 2. The third kappa shape index (κ3) is 3.03. The van der Waals surface area contributed by atoms with Gasteiger partial charge in [0.2, 0.25) is 0 Å². The molecule has 0 saturated carbocycles. The molecule has 15 heavy (non-hydrogen) atoms. The van der Waals surface area contributed by atoms with E-state index in [9.17, 15) is 9.59 Å². The quantitative estimate of drug-likeness (QED) is 0.622. The third-order valence-corrected chi connectivity index (χ3v) is 2.59. The average molecular weight is 229 g/mol. The number of hydrogen-bond donors (Lipinski definition) is 1. The number of hydrogen-bond acceptors (Lipinski definition) is 5. The van der Waals surface area contributed by atoms with Gasteiger partial charge >= 0.3 is 5.97 Å². The normalized spacial score (nSPS) is 9.73. The van der Waals surface area contributed by atoms with Gasteiger partial charge in [-0.15, -0.1) is 11.3 Å². The second kappa shape index (κ2) is 5.47. The monoisotopic (exact) mass is 229 g/mol. The zero-order chi connectivity index (χ0) is 11.3. The summed E-state index contributed by atoms with van der Waals surface area (Å²) >= 11 is 1.06. The Hall–Kier alpha value is -1.40. The molecule has 0 bridgehead atoms. The maximum atomic E-state index is 11.4. The lowest BCUT2D eigenvalue weighted by Gasteiger charge is -2.00. The van der Waals surface area contributed by atoms with Crippen molar-refractivity contribution in [3.05, 3.63) is 21.9 Å². The van der Waals surface area contributed by atoms with E-state index in [4.69, 9.17) is 4.84 Å². The van der Waals surface area contributed by atoms with Gasteiger partial charge in [-0.1, -0.05) is 0 Å². The lowest BCUT2D eigenvalue weighted by molar-refractivity contribution is 0.0368. The first-order chi connectivity index (χ1) is 7.19. The Labute approximate surface area is 91.0 Å². The Morgan fingerprint density at radius 1 is 1.40 bits per heavy atom. The van der Waals surface area contributed by atoms with Crippen molar-refractivity contribution in [2.75, 3.05) is 13.7 Å². The third-order valence-electron chi connectivity index (χ3n) is 1.53. The maximum absolute atomic E-state index is 11.4. The number of nitrogens with one attached hydrogen (secondary N) is 1. The van der Waals surface area contributed by atoms with Gasteiger partial charge in [0, 0.05) is 0 Å². The Balaban J connectivity index is 2.67. The van der Waals surface area contributed by atoms with Crippen molar-refractivity contribution in [1.82, 2.24) is 5.48 Å². The minimum absolute atomic E-state index is 0.364. The summed E-state index contributed by atoms with van der Waals surface area (Å²) < 4.78 is 4.52. The summed E-state index contributed by atoms with van der Waals surface area (Å²) in [5.74, 6) is -0.813. The van der Waals surface area contributed by atoms with Gasteiger partial charge in [0.25, 0.3) is 5.91 Å². The molecule has 0 aliphatic carbocycles. The first-order valence-electron chi connectivity index (χ1n) is 4.29. The predicted molar refractivity (Wildman–Crippen MR) is 54.8 cm³/mol. The highest BCUT2D eigenvalue weighted by Crippen LogP contribution is 2.17. The number of ether oxygens (including phenoxy) is 1. The molecule has 0 aliphatic rings. The van der Waals surface area contributed by atoms with Crippen molar-refractivity contribution in [2.24, 2.45) is 0 Å². The number of rotatable bonds is 4. The van der Waals surface area contributed by atoms with E-state index in [1.54, 1.807) is 13.0 Å². The van der Waals surface area contributed by atoms with E-state index < -0.39 is 5.97 Å². The second-order valence-corrected chi connectivity index (χ2v) is 3.60. The molecule has 1 N–H and O–H groups in total. The number of thiophene rings is 1. The fourth-order valence-corrected chi connectivity index (χ4v) is 1.67. The lowest BCUT2D eigenvalue weighted by Crippen LogP contribution is -2.22. The molecule has 0 unspecified atom stereocenters. The fraction of sp³-hybridized carbons (Fsp3) is 0.333. The summed E-state index contributed by atoms with van der Waals surface area (Å²) in [7, 11) is 1.29. The van der Waals surface area contributed by atoms with Crippen LogP contribution in [-0.4, -0.2) is 25.6 Å². The van der Waals surface area contributed by atoms with Crippen LogP contribution in [0.5, 0.6) is 0 Å². The van der Waals surface area contributed by atoms with Crippen LogP contribution in [0.4, 0.5) is 0 Å². The van der Waals surface area contributed by atoms with Crippen LogP contribution in [0.1, 0.15) is 26.3 Å². The van der Waals surface area contributed by atoms with Gasteiger partial charge in [-0.25, -0.2) is 10.3 Å². The first-order valence-corrected chi connectivity index (χ1v) is 5.11. The summed E-state index contributed by atoms with van der Waals surface area (Å²) in [5.41, 5.74) is 2.24. The predicted octanol–water partition coefficient (Wildman–Crippen LogP) is 1.22. The second-order valence-electron chi connectivity index (χ2n) is 2.52. The highest BCUT2D eigenvalue weighted by Gasteiger charge is 2.13. The lowest BCUT2D eigenvalue weighted by atomic mass is 10.4. The Kier molecular flexibility index (Phi) is 4.26. The molecule has 0 aromatic carbocycles. The van der Waals surface area contributed by atoms with E-state index in [-0.39, 0.29) is 5.91 Å².